The largest absolute Gasteiger partial charge is 0.332 e. The third-order valence-electron chi connectivity index (χ3n) is 3.18. The van der Waals surface area contributed by atoms with Gasteiger partial charge in [0.15, 0.2) is 0 Å². The van der Waals surface area contributed by atoms with E-state index in [1.165, 1.54) is 0 Å². The van der Waals surface area contributed by atoms with Crippen molar-refractivity contribution in [2.75, 3.05) is 11.4 Å². The van der Waals surface area contributed by atoms with Crippen LogP contribution in [0.5, 0.6) is 0 Å². The molecule has 1 atom stereocenters. The van der Waals surface area contributed by atoms with Crippen LogP contribution < -0.4 is 4.90 Å². The van der Waals surface area contributed by atoms with Gasteiger partial charge >= 0.3 is 0 Å². The summed E-state index contributed by atoms with van der Waals surface area (Å²) in [4.78, 5) is 19.7. The van der Waals surface area contributed by atoms with E-state index in [1.807, 2.05) is 19.2 Å². The monoisotopic (exact) mass is 241 g/mol. The van der Waals surface area contributed by atoms with Gasteiger partial charge in [-0.1, -0.05) is 0 Å². The number of rotatable bonds is 2. The van der Waals surface area contributed by atoms with Crippen molar-refractivity contribution in [1.82, 2.24) is 19.9 Å². The molecule has 1 aliphatic rings. The number of aryl methyl sites for hydroxylation is 1. The zero-order valence-corrected chi connectivity index (χ0v) is 10.3. The predicted molar refractivity (Wildman–Crippen MR) is 68.1 cm³/mol. The lowest BCUT2D eigenvalue weighted by atomic mass is 10.1. The lowest BCUT2D eigenvalue weighted by molar-refractivity contribution is 0.672. The molecule has 5 nitrogen and oxygen atoms in total. The number of anilines is 1. The van der Waals surface area contributed by atoms with Crippen LogP contribution >= 0.6 is 0 Å². The maximum atomic E-state index is 4.57. The second-order valence-corrected chi connectivity index (χ2v) is 4.49. The number of nitrogens with zero attached hydrogens (tertiary/aromatic N) is 5. The Labute approximate surface area is 106 Å². The van der Waals surface area contributed by atoms with Crippen LogP contribution in [0.2, 0.25) is 0 Å². The molecule has 1 fully saturated rings. The molecule has 0 aromatic carbocycles. The topological polar surface area (TPSA) is 54.8 Å². The lowest BCUT2D eigenvalue weighted by Crippen LogP contribution is -2.25. The summed E-state index contributed by atoms with van der Waals surface area (Å²) in [6.07, 6.45) is 9.40. The summed E-state index contributed by atoms with van der Waals surface area (Å²) in [6.45, 7) is 2.94. The minimum absolute atomic E-state index is 0.250. The standard InChI is InChI=1S/C13H15N5/c1-10-8-14-9-11(17-10)12-4-2-7-18(12)13-15-5-3-6-16-13/h3,5-6,8-9,12H,2,4,7H2,1H3/t12-/m0/s1. The van der Waals surface area contributed by atoms with Gasteiger partial charge < -0.3 is 4.90 Å². The Kier molecular flexibility index (Phi) is 2.88. The third-order valence-corrected chi connectivity index (χ3v) is 3.18. The first-order valence-electron chi connectivity index (χ1n) is 6.17. The van der Waals surface area contributed by atoms with Crippen molar-refractivity contribution in [3.05, 3.63) is 42.2 Å². The van der Waals surface area contributed by atoms with Crippen molar-refractivity contribution in [3.8, 4) is 0 Å². The molecular weight excluding hydrogens is 226 g/mol. The Morgan fingerprint density at radius 1 is 1.22 bits per heavy atom. The molecule has 2 aromatic rings. The van der Waals surface area contributed by atoms with Crippen molar-refractivity contribution < 1.29 is 0 Å². The van der Waals surface area contributed by atoms with Gasteiger partial charge in [0, 0.05) is 25.1 Å². The fourth-order valence-corrected chi connectivity index (χ4v) is 2.40. The highest BCUT2D eigenvalue weighted by Crippen LogP contribution is 2.32. The van der Waals surface area contributed by atoms with Crippen LogP contribution in [0.25, 0.3) is 0 Å². The normalized spacial score (nSPS) is 19.2. The molecule has 2 aromatic heterocycles. The molecule has 0 spiro atoms. The third kappa shape index (κ3) is 2.03. The lowest BCUT2D eigenvalue weighted by Gasteiger charge is -2.23. The molecule has 1 aliphatic heterocycles. The summed E-state index contributed by atoms with van der Waals surface area (Å²) >= 11 is 0. The predicted octanol–water partition coefficient (Wildman–Crippen LogP) is 1.92. The van der Waals surface area contributed by atoms with E-state index in [1.54, 1.807) is 18.6 Å². The van der Waals surface area contributed by atoms with Gasteiger partial charge in [-0.15, -0.1) is 0 Å². The minimum Gasteiger partial charge on any atom is -0.332 e. The zero-order chi connectivity index (χ0) is 12.4. The first-order valence-corrected chi connectivity index (χ1v) is 6.17. The summed E-state index contributed by atoms with van der Waals surface area (Å²) in [6, 6.07) is 2.08. The number of aromatic nitrogens is 4. The maximum Gasteiger partial charge on any atom is 0.225 e. The molecule has 1 saturated heterocycles. The quantitative estimate of drug-likeness (QED) is 0.804. The Hall–Kier alpha value is -2.04. The molecule has 0 radical (unpaired) electrons. The highest BCUT2D eigenvalue weighted by molar-refractivity contribution is 5.35. The Morgan fingerprint density at radius 2 is 2.06 bits per heavy atom. The SMILES string of the molecule is Cc1cncc([C@@H]2CCCN2c2ncccn2)n1. The molecule has 3 rings (SSSR count). The molecule has 0 saturated carbocycles. The van der Waals surface area contributed by atoms with E-state index in [0.29, 0.717) is 0 Å². The van der Waals surface area contributed by atoms with Crippen molar-refractivity contribution >= 4 is 5.95 Å². The van der Waals surface area contributed by atoms with Crippen LogP contribution in [-0.2, 0) is 0 Å². The molecule has 18 heavy (non-hydrogen) atoms. The maximum absolute atomic E-state index is 4.57. The highest BCUT2D eigenvalue weighted by atomic mass is 15.3. The Bertz CT molecular complexity index is 528. The molecule has 0 N–H and O–H groups in total. The molecule has 5 heteroatoms. The Balaban J connectivity index is 1.92. The smallest absolute Gasteiger partial charge is 0.225 e. The van der Waals surface area contributed by atoms with E-state index < -0.39 is 0 Å². The summed E-state index contributed by atoms with van der Waals surface area (Å²) in [5.41, 5.74) is 1.97. The molecule has 3 heterocycles. The molecule has 0 amide bonds. The van der Waals surface area contributed by atoms with Gasteiger partial charge in [-0.3, -0.25) is 9.97 Å². The van der Waals surface area contributed by atoms with Crippen molar-refractivity contribution in [2.45, 2.75) is 25.8 Å². The minimum atomic E-state index is 0.250. The van der Waals surface area contributed by atoms with Crippen LogP contribution in [-0.4, -0.2) is 26.5 Å². The fraction of sp³-hybridized carbons (Fsp3) is 0.385. The van der Waals surface area contributed by atoms with Gasteiger partial charge in [0.25, 0.3) is 0 Å². The Morgan fingerprint density at radius 3 is 2.83 bits per heavy atom. The number of hydrogen-bond acceptors (Lipinski definition) is 5. The van der Waals surface area contributed by atoms with Crippen LogP contribution in [0.3, 0.4) is 0 Å². The highest BCUT2D eigenvalue weighted by Gasteiger charge is 2.29. The molecule has 0 aliphatic carbocycles. The van der Waals surface area contributed by atoms with Gasteiger partial charge in [-0.2, -0.15) is 0 Å². The van der Waals surface area contributed by atoms with E-state index >= 15 is 0 Å². The average Bonchev–Trinajstić information content (AvgIpc) is 2.89. The van der Waals surface area contributed by atoms with E-state index in [-0.39, 0.29) is 6.04 Å². The second kappa shape index (κ2) is 4.68. The van der Waals surface area contributed by atoms with Gasteiger partial charge in [0.2, 0.25) is 5.95 Å². The van der Waals surface area contributed by atoms with Gasteiger partial charge in [-0.05, 0) is 25.8 Å². The summed E-state index contributed by atoms with van der Waals surface area (Å²) in [5.74, 6) is 0.781. The van der Waals surface area contributed by atoms with Crippen molar-refractivity contribution in [1.29, 1.82) is 0 Å². The molecule has 92 valence electrons. The van der Waals surface area contributed by atoms with Gasteiger partial charge in [0.05, 0.1) is 23.6 Å². The van der Waals surface area contributed by atoms with Gasteiger partial charge in [0.1, 0.15) is 0 Å². The van der Waals surface area contributed by atoms with E-state index in [9.17, 15) is 0 Å². The van der Waals surface area contributed by atoms with Crippen molar-refractivity contribution in [3.63, 3.8) is 0 Å². The molecule has 0 unspecified atom stereocenters. The molecule has 0 bridgehead atoms. The summed E-state index contributed by atoms with van der Waals surface area (Å²) < 4.78 is 0. The zero-order valence-electron chi connectivity index (χ0n) is 10.3. The molecular formula is C13H15N5. The van der Waals surface area contributed by atoms with Crippen LogP contribution in [0.4, 0.5) is 5.95 Å². The van der Waals surface area contributed by atoms with E-state index in [0.717, 1.165) is 36.7 Å². The number of hydrogen-bond donors (Lipinski definition) is 0. The summed E-state index contributed by atoms with van der Waals surface area (Å²) in [7, 11) is 0. The first kappa shape index (κ1) is 11.1. The van der Waals surface area contributed by atoms with Crippen LogP contribution in [0, 0.1) is 6.92 Å². The van der Waals surface area contributed by atoms with E-state index in [2.05, 4.69) is 24.8 Å². The average molecular weight is 241 g/mol. The first-order chi connectivity index (χ1) is 8.84. The van der Waals surface area contributed by atoms with Gasteiger partial charge in [-0.25, -0.2) is 9.97 Å². The fourth-order valence-electron chi connectivity index (χ4n) is 2.40. The van der Waals surface area contributed by atoms with Crippen LogP contribution in [0.1, 0.15) is 30.3 Å². The van der Waals surface area contributed by atoms with E-state index in [4.69, 9.17) is 0 Å². The van der Waals surface area contributed by atoms with Crippen molar-refractivity contribution in [2.24, 2.45) is 0 Å². The summed E-state index contributed by atoms with van der Waals surface area (Å²) in [5, 5.41) is 0. The van der Waals surface area contributed by atoms with Crippen LogP contribution in [0.15, 0.2) is 30.9 Å². The second-order valence-electron chi connectivity index (χ2n) is 4.49.